The van der Waals surface area contributed by atoms with Crippen LogP contribution in [0.15, 0.2) is 27.6 Å². The molecule has 0 aliphatic carbocycles. The molecule has 2 rings (SSSR count). The van der Waals surface area contributed by atoms with Crippen molar-refractivity contribution < 1.29 is 13.2 Å². The molecular weight excluding hydrogens is 330 g/mol. The van der Waals surface area contributed by atoms with Crippen LogP contribution in [0.25, 0.3) is 0 Å². The number of rotatable bonds is 3. The Balaban J connectivity index is 2.19. The summed E-state index contributed by atoms with van der Waals surface area (Å²) in [5.41, 5.74) is 0.909. The Morgan fingerprint density at radius 1 is 1.32 bits per heavy atom. The Hall–Kier alpha value is -0.430. The summed E-state index contributed by atoms with van der Waals surface area (Å²) in [5.74, 6) is 0. The number of benzene rings is 1. The standard InChI is InChI=1S/C13H18BrNO3S/c1-10-4-2-6-12(13(10)14)19(16,17)15-11-5-3-8-18-9-7-11/h2,4,6,11,15H,3,5,7-9H2,1H3. The Morgan fingerprint density at radius 3 is 2.89 bits per heavy atom. The van der Waals surface area contributed by atoms with Gasteiger partial charge in [0, 0.05) is 23.7 Å². The number of hydrogen-bond acceptors (Lipinski definition) is 3. The summed E-state index contributed by atoms with van der Waals surface area (Å²) in [4.78, 5) is 0.303. The van der Waals surface area contributed by atoms with Crippen molar-refractivity contribution in [3.63, 3.8) is 0 Å². The predicted molar refractivity (Wildman–Crippen MR) is 77.7 cm³/mol. The summed E-state index contributed by atoms with van der Waals surface area (Å²) in [6.07, 6.45) is 2.44. The molecule has 1 aromatic carbocycles. The SMILES string of the molecule is Cc1cccc(S(=O)(=O)NC2CCCOCC2)c1Br. The van der Waals surface area contributed by atoms with Crippen molar-refractivity contribution in [2.75, 3.05) is 13.2 Å². The molecule has 1 fully saturated rings. The molecule has 19 heavy (non-hydrogen) atoms. The van der Waals surface area contributed by atoms with Crippen LogP contribution in [0.3, 0.4) is 0 Å². The fourth-order valence-corrected chi connectivity index (χ4v) is 4.49. The third-order valence-electron chi connectivity index (χ3n) is 3.22. The molecule has 1 N–H and O–H groups in total. The number of ether oxygens (including phenoxy) is 1. The first-order chi connectivity index (χ1) is 9.00. The molecule has 1 aliphatic heterocycles. The van der Waals surface area contributed by atoms with Gasteiger partial charge >= 0.3 is 0 Å². The zero-order chi connectivity index (χ0) is 13.9. The lowest BCUT2D eigenvalue weighted by Gasteiger charge is -2.17. The van der Waals surface area contributed by atoms with Gasteiger partial charge in [-0.25, -0.2) is 13.1 Å². The van der Waals surface area contributed by atoms with Crippen LogP contribution in [0.1, 0.15) is 24.8 Å². The molecule has 106 valence electrons. The lowest BCUT2D eigenvalue weighted by atomic mass is 10.1. The van der Waals surface area contributed by atoms with Gasteiger partial charge < -0.3 is 4.74 Å². The highest BCUT2D eigenvalue weighted by atomic mass is 79.9. The molecule has 1 heterocycles. The quantitative estimate of drug-likeness (QED) is 0.914. The lowest BCUT2D eigenvalue weighted by molar-refractivity contribution is 0.143. The van der Waals surface area contributed by atoms with Crippen LogP contribution in [0.2, 0.25) is 0 Å². The van der Waals surface area contributed by atoms with Gasteiger partial charge in [0.2, 0.25) is 10.0 Å². The van der Waals surface area contributed by atoms with Gasteiger partial charge in [-0.15, -0.1) is 0 Å². The summed E-state index contributed by atoms with van der Waals surface area (Å²) in [7, 11) is -3.48. The molecule has 1 unspecified atom stereocenters. The summed E-state index contributed by atoms with van der Waals surface area (Å²) in [6.45, 7) is 3.21. The van der Waals surface area contributed by atoms with E-state index in [-0.39, 0.29) is 6.04 Å². The Morgan fingerprint density at radius 2 is 2.11 bits per heavy atom. The average molecular weight is 348 g/mol. The highest BCUT2D eigenvalue weighted by Crippen LogP contribution is 2.25. The Labute approximate surface area is 122 Å². The summed E-state index contributed by atoms with van der Waals surface area (Å²) in [5, 5.41) is 0. The van der Waals surface area contributed by atoms with Crippen LogP contribution >= 0.6 is 15.9 Å². The van der Waals surface area contributed by atoms with Crippen molar-refractivity contribution in [1.29, 1.82) is 0 Å². The highest BCUT2D eigenvalue weighted by molar-refractivity contribution is 9.10. The number of halogens is 1. The highest BCUT2D eigenvalue weighted by Gasteiger charge is 2.23. The lowest BCUT2D eigenvalue weighted by Crippen LogP contribution is -2.35. The third-order valence-corrected chi connectivity index (χ3v) is 6.10. The van der Waals surface area contributed by atoms with Gasteiger partial charge in [0.05, 0.1) is 4.90 Å². The number of aryl methyl sites for hydroxylation is 1. The van der Waals surface area contributed by atoms with Crippen molar-refractivity contribution in [3.05, 3.63) is 28.2 Å². The molecule has 0 aromatic heterocycles. The first-order valence-corrected chi connectivity index (χ1v) is 8.63. The fraction of sp³-hybridized carbons (Fsp3) is 0.538. The molecular formula is C13H18BrNO3S. The minimum absolute atomic E-state index is 0.0417. The normalized spacial score (nSPS) is 21.1. The maximum atomic E-state index is 12.4. The summed E-state index contributed by atoms with van der Waals surface area (Å²) >= 11 is 3.35. The molecule has 0 amide bonds. The van der Waals surface area contributed by atoms with E-state index in [1.54, 1.807) is 12.1 Å². The predicted octanol–water partition coefficient (Wildman–Crippen LogP) is 2.60. The van der Waals surface area contributed by atoms with Crippen molar-refractivity contribution in [2.45, 2.75) is 37.1 Å². The number of hydrogen-bond donors (Lipinski definition) is 1. The first kappa shape index (κ1) is 15.0. The number of sulfonamides is 1. The maximum Gasteiger partial charge on any atom is 0.241 e. The van der Waals surface area contributed by atoms with Crippen LogP contribution in [0.4, 0.5) is 0 Å². The van der Waals surface area contributed by atoms with E-state index in [0.29, 0.717) is 22.6 Å². The second-order valence-electron chi connectivity index (χ2n) is 4.75. The number of nitrogens with one attached hydrogen (secondary N) is 1. The molecule has 0 bridgehead atoms. The molecule has 0 spiro atoms. The van der Waals surface area contributed by atoms with E-state index in [1.807, 2.05) is 13.0 Å². The maximum absolute atomic E-state index is 12.4. The van der Waals surface area contributed by atoms with Gasteiger partial charge in [0.25, 0.3) is 0 Å². The largest absolute Gasteiger partial charge is 0.381 e. The van der Waals surface area contributed by atoms with Crippen LogP contribution in [-0.2, 0) is 14.8 Å². The minimum Gasteiger partial charge on any atom is -0.381 e. The molecule has 0 radical (unpaired) electrons. The van der Waals surface area contributed by atoms with E-state index in [4.69, 9.17) is 4.74 Å². The second kappa shape index (κ2) is 6.35. The van der Waals surface area contributed by atoms with Crippen molar-refractivity contribution in [1.82, 2.24) is 4.72 Å². The van der Waals surface area contributed by atoms with E-state index < -0.39 is 10.0 Å². The summed E-state index contributed by atoms with van der Waals surface area (Å²) < 4.78 is 33.6. The molecule has 1 aromatic rings. The molecule has 6 heteroatoms. The second-order valence-corrected chi connectivity index (χ2v) is 7.22. The van der Waals surface area contributed by atoms with Gasteiger partial charge in [-0.05, 0) is 53.7 Å². The van der Waals surface area contributed by atoms with Crippen molar-refractivity contribution in [3.8, 4) is 0 Å². The molecule has 4 nitrogen and oxygen atoms in total. The zero-order valence-corrected chi connectivity index (χ0v) is 13.3. The Kier molecular flexibility index (Phi) is 5.00. The van der Waals surface area contributed by atoms with Gasteiger partial charge in [-0.1, -0.05) is 12.1 Å². The van der Waals surface area contributed by atoms with E-state index in [9.17, 15) is 8.42 Å². The van der Waals surface area contributed by atoms with E-state index in [0.717, 1.165) is 24.8 Å². The van der Waals surface area contributed by atoms with Gasteiger partial charge in [-0.2, -0.15) is 0 Å². The van der Waals surface area contributed by atoms with Crippen LogP contribution in [-0.4, -0.2) is 27.7 Å². The Bertz CT molecular complexity index is 537. The zero-order valence-electron chi connectivity index (χ0n) is 10.9. The topological polar surface area (TPSA) is 55.4 Å². The van der Waals surface area contributed by atoms with Crippen molar-refractivity contribution >= 4 is 26.0 Å². The monoisotopic (exact) mass is 347 g/mol. The third kappa shape index (κ3) is 3.78. The van der Waals surface area contributed by atoms with Crippen LogP contribution < -0.4 is 4.72 Å². The van der Waals surface area contributed by atoms with E-state index in [2.05, 4.69) is 20.7 Å². The molecule has 1 saturated heterocycles. The van der Waals surface area contributed by atoms with Gasteiger partial charge in [0.1, 0.15) is 0 Å². The molecule has 0 saturated carbocycles. The van der Waals surface area contributed by atoms with E-state index in [1.165, 1.54) is 0 Å². The fourth-order valence-electron chi connectivity index (χ4n) is 2.13. The first-order valence-electron chi connectivity index (χ1n) is 6.36. The van der Waals surface area contributed by atoms with Gasteiger partial charge in [0.15, 0.2) is 0 Å². The van der Waals surface area contributed by atoms with E-state index >= 15 is 0 Å². The minimum atomic E-state index is -3.48. The van der Waals surface area contributed by atoms with Crippen LogP contribution in [0.5, 0.6) is 0 Å². The average Bonchev–Trinajstić information content (AvgIpc) is 2.60. The van der Waals surface area contributed by atoms with Crippen molar-refractivity contribution in [2.24, 2.45) is 0 Å². The smallest absolute Gasteiger partial charge is 0.241 e. The van der Waals surface area contributed by atoms with Crippen LogP contribution in [0, 0.1) is 6.92 Å². The molecule has 1 aliphatic rings. The van der Waals surface area contributed by atoms with Gasteiger partial charge in [-0.3, -0.25) is 0 Å². The molecule has 1 atom stereocenters. The summed E-state index contributed by atoms with van der Waals surface area (Å²) in [6, 6.07) is 5.21.